The lowest BCUT2D eigenvalue weighted by Crippen LogP contribution is -2.39. The zero-order valence-electron chi connectivity index (χ0n) is 15.7. The maximum absolute atomic E-state index is 12.6. The molecule has 0 unspecified atom stereocenters. The first kappa shape index (κ1) is 19.6. The number of thioether (sulfide) groups is 1. The zero-order valence-corrected chi connectivity index (χ0v) is 16.5. The Morgan fingerprint density at radius 1 is 1.04 bits per heavy atom. The summed E-state index contributed by atoms with van der Waals surface area (Å²) >= 11 is 1.09. The molecule has 3 aromatic rings. The Balaban J connectivity index is 1.86. The lowest BCUT2D eigenvalue weighted by atomic mass is 10.1. The zero-order chi connectivity index (χ0) is 20.1. The van der Waals surface area contributed by atoms with E-state index in [0.29, 0.717) is 5.89 Å². The van der Waals surface area contributed by atoms with Crippen LogP contribution in [-0.2, 0) is 4.79 Å². The third-order valence-electron chi connectivity index (χ3n) is 3.90. The first-order valence-corrected chi connectivity index (χ1v) is 9.50. The van der Waals surface area contributed by atoms with Crippen molar-refractivity contribution in [3.63, 3.8) is 0 Å². The Morgan fingerprint density at radius 2 is 1.71 bits per heavy atom. The molecule has 0 aliphatic rings. The van der Waals surface area contributed by atoms with Crippen LogP contribution in [0.15, 0.2) is 58.2 Å². The molecule has 1 aromatic heterocycles. The van der Waals surface area contributed by atoms with E-state index in [1.807, 2.05) is 56.3 Å². The van der Waals surface area contributed by atoms with Crippen molar-refractivity contribution in [2.24, 2.45) is 0 Å². The van der Waals surface area contributed by atoms with Gasteiger partial charge in [0, 0.05) is 12.6 Å². The minimum absolute atomic E-state index is 0.245. The van der Waals surface area contributed by atoms with Crippen molar-refractivity contribution in [2.75, 3.05) is 7.05 Å². The van der Waals surface area contributed by atoms with Crippen molar-refractivity contribution in [1.82, 2.24) is 20.8 Å². The van der Waals surface area contributed by atoms with Gasteiger partial charge in [0.2, 0.25) is 11.8 Å². The van der Waals surface area contributed by atoms with Gasteiger partial charge >= 0.3 is 6.03 Å². The van der Waals surface area contributed by atoms with Crippen LogP contribution in [0.3, 0.4) is 0 Å². The highest BCUT2D eigenvalue weighted by Gasteiger charge is 2.26. The summed E-state index contributed by atoms with van der Waals surface area (Å²) in [5.41, 5.74) is 3.73. The Hall–Kier alpha value is -3.13. The van der Waals surface area contributed by atoms with Crippen molar-refractivity contribution in [3.05, 3.63) is 65.2 Å². The topological polar surface area (TPSA) is 97.1 Å². The number of nitrogens with zero attached hydrogens (tertiary/aromatic N) is 2. The van der Waals surface area contributed by atoms with Crippen molar-refractivity contribution in [2.45, 2.75) is 24.3 Å². The summed E-state index contributed by atoms with van der Waals surface area (Å²) in [5, 5.41) is 12.4. The Labute approximate surface area is 166 Å². The smallest absolute Gasteiger partial charge is 0.321 e. The molecule has 3 amide bonds. The molecule has 0 aliphatic heterocycles. The second-order valence-electron chi connectivity index (χ2n) is 6.23. The number of imide groups is 1. The van der Waals surface area contributed by atoms with E-state index in [0.717, 1.165) is 34.0 Å². The fourth-order valence-electron chi connectivity index (χ4n) is 2.71. The maximum atomic E-state index is 12.6. The molecular formula is C20H20N4O3S. The average molecular weight is 396 g/mol. The number of aromatic nitrogens is 2. The first-order valence-electron chi connectivity index (χ1n) is 8.62. The number of carbonyl (C=O) groups is 2. The van der Waals surface area contributed by atoms with Crippen LogP contribution in [0.2, 0.25) is 0 Å². The summed E-state index contributed by atoms with van der Waals surface area (Å²) in [6.45, 7) is 3.99. The minimum Gasteiger partial charge on any atom is -0.411 e. The average Bonchev–Trinajstić information content (AvgIpc) is 3.14. The van der Waals surface area contributed by atoms with Gasteiger partial charge in [0.15, 0.2) is 0 Å². The quantitative estimate of drug-likeness (QED) is 0.639. The fraction of sp³-hybridized carbons (Fsp3) is 0.200. The lowest BCUT2D eigenvalue weighted by Gasteiger charge is -2.14. The molecule has 0 saturated carbocycles. The summed E-state index contributed by atoms with van der Waals surface area (Å²) in [7, 11) is 1.45. The van der Waals surface area contributed by atoms with Crippen molar-refractivity contribution < 1.29 is 14.0 Å². The molecule has 0 bridgehead atoms. The minimum atomic E-state index is -0.717. The van der Waals surface area contributed by atoms with Gasteiger partial charge in [0.25, 0.3) is 5.22 Å². The van der Waals surface area contributed by atoms with E-state index >= 15 is 0 Å². The molecule has 0 spiro atoms. The van der Waals surface area contributed by atoms with E-state index in [-0.39, 0.29) is 5.22 Å². The number of nitrogens with one attached hydrogen (secondary N) is 2. The molecule has 3 rings (SSSR count). The van der Waals surface area contributed by atoms with E-state index < -0.39 is 17.2 Å². The van der Waals surface area contributed by atoms with Gasteiger partial charge in [0.1, 0.15) is 5.25 Å². The number of urea groups is 1. The number of hydrogen-bond acceptors (Lipinski definition) is 6. The van der Waals surface area contributed by atoms with Crippen molar-refractivity contribution in [1.29, 1.82) is 0 Å². The van der Waals surface area contributed by atoms with Gasteiger partial charge in [-0.2, -0.15) is 0 Å². The molecule has 0 radical (unpaired) electrons. The van der Waals surface area contributed by atoms with Crippen molar-refractivity contribution >= 4 is 23.7 Å². The van der Waals surface area contributed by atoms with Gasteiger partial charge in [-0.05, 0) is 43.3 Å². The largest absolute Gasteiger partial charge is 0.411 e. The van der Waals surface area contributed by atoms with E-state index in [1.54, 1.807) is 0 Å². The molecular weight excluding hydrogens is 376 g/mol. The number of aryl methyl sites for hydroxylation is 2. The normalized spacial score (nSPS) is 11.7. The number of amides is 3. The van der Waals surface area contributed by atoms with Gasteiger partial charge in [-0.25, -0.2) is 4.79 Å². The third-order valence-corrected chi connectivity index (χ3v) is 4.99. The highest BCUT2D eigenvalue weighted by atomic mass is 32.2. The third kappa shape index (κ3) is 4.77. The number of rotatable bonds is 5. The van der Waals surface area contributed by atoms with Crippen LogP contribution in [0.5, 0.6) is 0 Å². The van der Waals surface area contributed by atoms with Crippen LogP contribution in [0.1, 0.15) is 21.9 Å². The maximum Gasteiger partial charge on any atom is 0.321 e. The SMILES string of the molecule is CNC(=O)NC(=O)[C@H](Sc1nnc(-c2cc(C)cc(C)c2)o1)c1ccccc1. The van der Waals surface area contributed by atoms with Crippen molar-refractivity contribution in [3.8, 4) is 11.5 Å². The summed E-state index contributed by atoms with van der Waals surface area (Å²) in [6.07, 6.45) is 0. The predicted molar refractivity (Wildman–Crippen MR) is 107 cm³/mol. The molecule has 2 N–H and O–H groups in total. The highest BCUT2D eigenvalue weighted by Crippen LogP contribution is 2.36. The summed E-state index contributed by atoms with van der Waals surface area (Å²) < 4.78 is 5.77. The van der Waals surface area contributed by atoms with Gasteiger partial charge in [-0.15, -0.1) is 10.2 Å². The monoisotopic (exact) mass is 396 g/mol. The summed E-state index contributed by atoms with van der Waals surface area (Å²) in [4.78, 5) is 24.2. The van der Waals surface area contributed by atoms with Gasteiger partial charge in [-0.3, -0.25) is 10.1 Å². The molecule has 2 aromatic carbocycles. The summed E-state index contributed by atoms with van der Waals surface area (Å²) in [6, 6.07) is 14.5. The van der Waals surface area contributed by atoms with Crippen LogP contribution in [0.4, 0.5) is 4.79 Å². The van der Waals surface area contributed by atoms with E-state index in [4.69, 9.17) is 4.42 Å². The number of hydrogen-bond donors (Lipinski definition) is 2. The summed E-state index contributed by atoms with van der Waals surface area (Å²) in [5.74, 6) is -0.0884. The van der Waals surface area contributed by atoms with Crippen LogP contribution < -0.4 is 10.6 Å². The van der Waals surface area contributed by atoms with Gasteiger partial charge in [0.05, 0.1) is 0 Å². The fourth-order valence-corrected chi connectivity index (χ4v) is 3.59. The number of carbonyl (C=O) groups excluding carboxylic acids is 2. The van der Waals surface area contributed by atoms with Gasteiger partial charge < -0.3 is 9.73 Å². The van der Waals surface area contributed by atoms with E-state index in [1.165, 1.54) is 7.05 Å². The molecule has 0 aliphatic carbocycles. The molecule has 8 heteroatoms. The molecule has 7 nitrogen and oxygen atoms in total. The Kier molecular flexibility index (Phi) is 6.10. The molecule has 0 fully saturated rings. The lowest BCUT2D eigenvalue weighted by molar-refractivity contribution is -0.119. The van der Waals surface area contributed by atoms with Gasteiger partial charge in [-0.1, -0.05) is 47.5 Å². The molecule has 0 saturated heterocycles. The Morgan fingerprint density at radius 3 is 2.36 bits per heavy atom. The standard InChI is InChI=1S/C20H20N4O3S/c1-12-9-13(2)11-15(10-12)18-23-24-20(27-18)28-16(14-7-5-4-6-8-14)17(25)22-19(26)21-3/h4-11,16H,1-3H3,(H2,21,22,25,26)/t16-/m1/s1. The second kappa shape index (κ2) is 8.71. The molecule has 28 heavy (non-hydrogen) atoms. The number of benzene rings is 2. The molecule has 144 valence electrons. The molecule has 1 heterocycles. The van der Waals surface area contributed by atoms with Crippen LogP contribution in [-0.4, -0.2) is 29.2 Å². The Bertz CT molecular complexity index is 968. The first-order chi connectivity index (χ1) is 13.5. The predicted octanol–water partition coefficient (Wildman–Crippen LogP) is 3.64. The molecule has 1 atom stereocenters. The van der Waals surface area contributed by atoms with Crippen LogP contribution in [0, 0.1) is 13.8 Å². The van der Waals surface area contributed by atoms with E-state index in [2.05, 4.69) is 26.9 Å². The second-order valence-corrected chi connectivity index (χ2v) is 7.28. The van der Waals surface area contributed by atoms with Crippen LogP contribution in [0.25, 0.3) is 11.5 Å². The van der Waals surface area contributed by atoms with E-state index in [9.17, 15) is 9.59 Å². The highest BCUT2D eigenvalue weighted by molar-refractivity contribution is 8.00. The van der Waals surface area contributed by atoms with Crippen LogP contribution >= 0.6 is 11.8 Å².